The third-order valence-corrected chi connectivity index (χ3v) is 2.81. The lowest BCUT2D eigenvalue weighted by atomic mass is 10.1. The fraction of sp³-hybridized carbons (Fsp3) is 0.273. The van der Waals surface area contributed by atoms with Gasteiger partial charge in [0.25, 0.3) is 0 Å². The molecule has 0 atom stereocenters. The number of hydrogen-bond acceptors (Lipinski definition) is 0. The van der Waals surface area contributed by atoms with Crippen LogP contribution in [0.5, 0.6) is 0 Å². The van der Waals surface area contributed by atoms with Crippen molar-refractivity contribution in [1.29, 1.82) is 0 Å². The van der Waals surface area contributed by atoms with Crippen LogP contribution in [0.1, 0.15) is 24.8 Å². The molecule has 0 radical (unpaired) electrons. The van der Waals surface area contributed by atoms with Gasteiger partial charge in [-0.05, 0) is 37.0 Å². The van der Waals surface area contributed by atoms with Gasteiger partial charge < -0.3 is 0 Å². The lowest BCUT2D eigenvalue weighted by Crippen LogP contribution is -1.87. The minimum absolute atomic E-state index is 0.123. The molecule has 1 aromatic rings. The average molecular weight is 241 g/mol. The van der Waals surface area contributed by atoms with Crippen LogP contribution in [-0.4, -0.2) is 0 Å². The van der Waals surface area contributed by atoms with Gasteiger partial charge >= 0.3 is 0 Å². The van der Waals surface area contributed by atoms with Gasteiger partial charge in [-0.2, -0.15) is 0 Å². The third kappa shape index (κ3) is 1.83. The predicted octanol–water partition coefficient (Wildman–Crippen LogP) is 4.16. The molecule has 0 unspecified atom stereocenters. The molecule has 1 aliphatic rings. The first-order valence-corrected chi connectivity index (χ1v) is 5.21. The molecule has 13 heavy (non-hydrogen) atoms. The van der Waals surface area contributed by atoms with Crippen molar-refractivity contribution in [2.45, 2.75) is 19.3 Å². The molecule has 0 spiro atoms. The molecule has 0 aromatic heterocycles. The molecule has 0 saturated carbocycles. The van der Waals surface area contributed by atoms with Crippen molar-refractivity contribution < 1.29 is 4.39 Å². The van der Waals surface area contributed by atoms with Crippen molar-refractivity contribution in [2.24, 2.45) is 0 Å². The van der Waals surface area contributed by atoms with Crippen LogP contribution in [0.3, 0.4) is 0 Å². The molecular weight excluding hydrogens is 231 g/mol. The van der Waals surface area contributed by atoms with Crippen LogP contribution in [-0.2, 0) is 0 Å². The van der Waals surface area contributed by atoms with Gasteiger partial charge in [-0.3, -0.25) is 0 Å². The molecule has 0 nitrogen and oxygen atoms in total. The summed E-state index contributed by atoms with van der Waals surface area (Å²) < 4.78 is 14.2. The van der Waals surface area contributed by atoms with E-state index in [0.29, 0.717) is 0 Å². The number of allylic oxidation sites excluding steroid dienone is 2. The summed E-state index contributed by atoms with van der Waals surface area (Å²) in [5.74, 6) is -0.123. The molecule has 0 aliphatic heterocycles. The normalized spacial score (nSPS) is 16.0. The van der Waals surface area contributed by atoms with Crippen LogP contribution in [0.4, 0.5) is 4.39 Å². The Morgan fingerprint density at radius 2 is 2.15 bits per heavy atom. The summed E-state index contributed by atoms with van der Waals surface area (Å²) in [7, 11) is 0. The van der Waals surface area contributed by atoms with Gasteiger partial charge in [-0.25, -0.2) is 4.39 Å². The molecule has 1 aromatic carbocycles. The molecule has 0 N–H and O–H groups in total. The topological polar surface area (TPSA) is 0 Å². The second-order valence-electron chi connectivity index (χ2n) is 3.25. The summed E-state index contributed by atoms with van der Waals surface area (Å²) in [4.78, 5) is 0. The number of hydrogen-bond donors (Lipinski definition) is 0. The first kappa shape index (κ1) is 8.95. The van der Waals surface area contributed by atoms with Gasteiger partial charge in [0.1, 0.15) is 5.82 Å². The van der Waals surface area contributed by atoms with E-state index < -0.39 is 0 Å². The molecule has 68 valence electrons. The van der Waals surface area contributed by atoms with Crippen molar-refractivity contribution >= 4 is 21.5 Å². The van der Waals surface area contributed by atoms with Crippen LogP contribution in [0.25, 0.3) is 5.57 Å². The number of benzene rings is 1. The Balaban J connectivity index is 2.40. The fourth-order valence-corrected chi connectivity index (χ4v) is 2.00. The zero-order valence-electron chi connectivity index (χ0n) is 7.19. The Bertz CT molecular complexity index is 355. The van der Waals surface area contributed by atoms with Crippen LogP contribution in [0.15, 0.2) is 28.7 Å². The van der Waals surface area contributed by atoms with E-state index in [2.05, 4.69) is 22.0 Å². The van der Waals surface area contributed by atoms with Gasteiger partial charge in [0.2, 0.25) is 0 Å². The van der Waals surface area contributed by atoms with Crippen molar-refractivity contribution in [2.75, 3.05) is 0 Å². The Morgan fingerprint density at radius 3 is 2.77 bits per heavy atom. The van der Waals surface area contributed by atoms with Gasteiger partial charge in [-0.15, -0.1) is 0 Å². The highest BCUT2D eigenvalue weighted by Gasteiger charge is 2.11. The molecule has 0 heterocycles. The zero-order valence-corrected chi connectivity index (χ0v) is 8.77. The zero-order chi connectivity index (χ0) is 9.26. The number of rotatable bonds is 1. The first-order valence-electron chi connectivity index (χ1n) is 4.42. The van der Waals surface area contributed by atoms with E-state index >= 15 is 0 Å². The van der Waals surface area contributed by atoms with E-state index in [-0.39, 0.29) is 5.82 Å². The lowest BCUT2D eigenvalue weighted by Gasteiger charge is -2.03. The molecule has 1 aliphatic carbocycles. The van der Waals surface area contributed by atoms with Crippen molar-refractivity contribution in [3.8, 4) is 0 Å². The van der Waals surface area contributed by atoms with Crippen molar-refractivity contribution in [3.05, 3.63) is 40.1 Å². The van der Waals surface area contributed by atoms with E-state index in [1.165, 1.54) is 6.07 Å². The minimum atomic E-state index is -0.123. The van der Waals surface area contributed by atoms with E-state index in [4.69, 9.17) is 0 Å². The van der Waals surface area contributed by atoms with Crippen LogP contribution in [0, 0.1) is 5.82 Å². The summed E-state index contributed by atoms with van der Waals surface area (Å²) in [6.07, 6.45) is 5.39. The van der Waals surface area contributed by atoms with Crippen LogP contribution < -0.4 is 0 Å². The SMILES string of the molecule is Fc1cc(Br)ccc1C1=CCCC1. The maximum Gasteiger partial charge on any atom is 0.131 e. The van der Waals surface area contributed by atoms with E-state index in [1.807, 2.05) is 12.1 Å². The summed E-state index contributed by atoms with van der Waals surface area (Å²) in [6.45, 7) is 0. The van der Waals surface area contributed by atoms with Crippen molar-refractivity contribution in [3.63, 3.8) is 0 Å². The van der Waals surface area contributed by atoms with E-state index in [1.54, 1.807) is 0 Å². The van der Waals surface area contributed by atoms with Gasteiger partial charge in [0.05, 0.1) is 0 Å². The summed E-state index contributed by atoms with van der Waals surface area (Å²) in [6, 6.07) is 5.25. The maximum absolute atomic E-state index is 13.4. The second kappa shape index (κ2) is 3.62. The first-order chi connectivity index (χ1) is 6.27. The molecule has 0 saturated heterocycles. The smallest absolute Gasteiger partial charge is 0.131 e. The molecule has 0 fully saturated rings. The Labute approximate surface area is 85.6 Å². The Hall–Kier alpha value is -0.630. The van der Waals surface area contributed by atoms with Gasteiger partial charge in [0.15, 0.2) is 0 Å². The highest BCUT2D eigenvalue weighted by molar-refractivity contribution is 9.10. The van der Waals surface area contributed by atoms with Crippen LogP contribution in [0.2, 0.25) is 0 Å². The highest BCUT2D eigenvalue weighted by atomic mass is 79.9. The monoisotopic (exact) mass is 240 g/mol. The number of halogens is 2. The van der Waals surface area contributed by atoms with Crippen molar-refractivity contribution in [1.82, 2.24) is 0 Å². The second-order valence-corrected chi connectivity index (χ2v) is 4.16. The summed E-state index contributed by atoms with van der Waals surface area (Å²) in [5, 5.41) is 0. The van der Waals surface area contributed by atoms with Gasteiger partial charge in [0, 0.05) is 10.0 Å². The lowest BCUT2D eigenvalue weighted by molar-refractivity contribution is 0.622. The Morgan fingerprint density at radius 1 is 1.31 bits per heavy atom. The molecular formula is C11H10BrF. The Kier molecular flexibility index (Phi) is 2.49. The highest BCUT2D eigenvalue weighted by Crippen LogP contribution is 2.30. The average Bonchev–Trinajstić information content (AvgIpc) is 2.56. The molecule has 0 bridgehead atoms. The summed E-state index contributed by atoms with van der Waals surface area (Å²) in [5.41, 5.74) is 1.92. The largest absolute Gasteiger partial charge is 0.206 e. The standard InChI is InChI=1S/C11H10BrF/c12-9-5-6-10(11(13)7-9)8-3-1-2-4-8/h3,5-7H,1-2,4H2. The van der Waals surface area contributed by atoms with E-state index in [0.717, 1.165) is 34.9 Å². The summed E-state index contributed by atoms with van der Waals surface area (Å²) >= 11 is 3.25. The minimum Gasteiger partial charge on any atom is -0.206 e. The fourth-order valence-electron chi connectivity index (χ4n) is 1.67. The third-order valence-electron chi connectivity index (χ3n) is 2.32. The predicted molar refractivity (Wildman–Crippen MR) is 55.9 cm³/mol. The maximum atomic E-state index is 13.4. The molecule has 0 amide bonds. The van der Waals surface area contributed by atoms with E-state index in [9.17, 15) is 4.39 Å². The molecule has 2 rings (SSSR count). The van der Waals surface area contributed by atoms with Crippen LogP contribution >= 0.6 is 15.9 Å². The molecule has 2 heteroatoms. The van der Waals surface area contributed by atoms with Gasteiger partial charge in [-0.1, -0.05) is 28.1 Å². The quantitative estimate of drug-likeness (QED) is 0.692.